The van der Waals surface area contributed by atoms with Gasteiger partial charge in [0.15, 0.2) is 0 Å². The van der Waals surface area contributed by atoms with E-state index in [1.54, 1.807) is 7.11 Å². The highest BCUT2D eigenvalue weighted by Gasteiger charge is 1.99. The summed E-state index contributed by atoms with van der Waals surface area (Å²) in [5.41, 5.74) is 2.20. The molecule has 0 spiro atoms. The summed E-state index contributed by atoms with van der Waals surface area (Å²) in [4.78, 5) is 10.1. The number of hydrogen-bond acceptors (Lipinski definition) is 2. The Kier molecular flexibility index (Phi) is 3.99. The van der Waals surface area contributed by atoms with Crippen LogP contribution in [0.25, 0.3) is 0 Å². The summed E-state index contributed by atoms with van der Waals surface area (Å²) in [6.07, 6.45) is 0.698. The molecule has 0 saturated carbocycles. The normalized spacial score (nSPS) is 9.62. The zero-order valence-electron chi connectivity index (χ0n) is 7.62. The first-order chi connectivity index (χ1) is 6.38. The quantitative estimate of drug-likeness (QED) is 0.687. The second-order valence-corrected chi connectivity index (χ2v) is 2.70. The molecule has 0 saturated heterocycles. The van der Waals surface area contributed by atoms with Crippen LogP contribution in [0.2, 0.25) is 0 Å². The minimum Gasteiger partial charge on any atom is -0.380 e. The lowest BCUT2D eigenvalue weighted by molar-refractivity contribution is -0.109. The number of ether oxygens (including phenoxy) is 1. The number of rotatable bonds is 5. The Balaban J connectivity index is 2.71. The highest BCUT2D eigenvalue weighted by Crippen LogP contribution is 2.08. The van der Waals surface area contributed by atoms with E-state index in [1.807, 2.05) is 24.3 Å². The number of hydrogen-bond donors (Lipinski definition) is 1. The number of nitrogens with one attached hydrogen (secondary N) is 1. The third kappa shape index (κ3) is 2.87. The summed E-state index contributed by atoms with van der Waals surface area (Å²) in [5, 5.41) is 2.63. The van der Waals surface area contributed by atoms with Gasteiger partial charge in [0.1, 0.15) is 0 Å². The van der Waals surface area contributed by atoms with Crippen molar-refractivity contribution in [1.82, 2.24) is 5.32 Å². The van der Waals surface area contributed by atoms with E-state index < -0.39 is 0 Å². The van der Waals surface area contributed by atoms with Gasteiger partial charge in [0.2, 0.25) is 6.41 Å². The fourth-order valence-corrected chi connectivity index (χ4v) is 1.18. The van der Waals surface area contributed by atoms with Gasteiger partial charge < -0.3 is 10.1 Å². The molecule has 0 aromatic heterocycles. The van der Waals surface area contributed by atoms with E-state index in [0.717, 1.165) is 11.1 Å². The van der Waals surface area contributed by atoms with E-state index in [2.05, 4.69) is 5.32 Å². The van der Waals surface area contributed by atoms with Crippen molar-refractivity contribution in [3.63, 3.8) is 0 Å². The fraction of sp³-hybridized carbons (Fsp3) is 0.300. The Labute approximate surface area is 77.7 Å². The van der Waals surface area contributed by atoms with Crippen LogP contribution >= 0.6 is 0 Å². The van der Waals surface area contributed by atoms with Crippen molar-refractivity contribution in [2.45, 2.75) is 13.2 Å². The van der Waals surface area contributed by atoms with Crippen molar-refractivity contribution in [2.24, 2.45) is 0 Å². The Morgan fingerprint density at radius 1 is 1.38 bits per heavy atom. The molecule has 1 rings (SSSR count). The van der Waals surface area contributed by atoms with Gasteiger partial charge in [-0.15, -0.1) is 0 Å². The summed E-state index contributed by atoms with van der Waals surface area (Å²) < 4.78 is 5.03. The minimum atomic E-state index is 0.559. The van der Waals surface area contributed by atoms with E-state index >= 15 is 0 Å². The third-order valence-electron chi connectivity index (χ3n) is 1.79. The number of methoxy groups -OCH3 is 1. The molecule has 13 heavy (non-hydrogen) atoms. The summed E-state index contributed by atoms with van der Waals surface area (Å²) in [5.74, 6) is 0. The van der Waals surface area contributed by atoms with Crippen LogP contribution < -0.4 is 5.32 Å². The van der Waals surface area contributed by atoms with Crippen LogP contribution in [-0.2, 0) is 22.7 Å². The molecule has 0 aliphatic heterocycles. The highest BCUT2D eigenvalue weighted by molar-refractivity contribution is 5.46. The molecule has 70 valence electrons. The van der Waals surface area contributed by atoms with Gasteiger partial charge in [0.25, 0.3) is 0 Å². The van der Waals surface area contributed by atoms with Crippen LogP contribution in [0.1, 0.15) is 11.1 Å². The smallest absolute Gasteiger partial charge is 0.207 e. The number of carbonyl (C=O) groups is 1. The average Bonchev–Trinajstić information content (AvgIpc) is 2.17. The maximum atomic E-state index is 10.1. The molecule has 0 atom stereocenters. The molecule has 1 N–H and O–H groups in total. The van der Waals surface area contributed by atoms with Crippen LogP contribution in [0.5, 0.6) is 0 Å². The lowest BCUT2D eigenvalue weighted by Crippen LogP contribution is -2.11. The van der Waals surface area contributed by atoms with E-state index in [1.165, 1.54) is 0 Å². The van der Waals surface area contributed by atoms with Gasteiger partial charge in [-0.2, -0.15) is 0 Å². The summed E-state index contributed by atoms with van der Waals surface area (Å²) in [6, 6.07) is 7.87. The molecule has 3 heteroatoms. The van der Waals surface area contributed by atoms with E-state index in [0.29, 0.717) is 19.6 Å². The van der Waals surface area contributed by atoms with Crippen molar-refractivity contribution in [3.05, 3.63) is 35.4 Å². The lowest BCUT2D eigenvalue weighted by Gasteiger charge is -2.07. The van der Waals surface area contributed by atoms with Crippen molar-refractivity contribution < 1.29 is 9.53 Å². The Bertz CT molecular complexity index is 273. The fourth-order valence-electron chi connectivity index (χ4n) is 1.18. The molecular weight excluding hydrogens is 166 g/mol. The molecule has 3 nitrogen and oxygen atoms in total. The first-order valence-electron chi connectivity index (χ1n) is 4.11. The molecule has 0 aliphatic carbocycles. The lowest BCUT2D eigenvalue weighted by atomic mass is 10.1. The summed E-state index contributed by atoms with van der Waals surface area (Å²) in [6.45, 7) is 1.14. The number of amides is 1. The second-order valence-electron chi connectivity index (χ2n) is 2.70. The largest absolute Gasteiger partial charge is 0.380 e. The van der Waals surface area contributed by atoms with Crippen LogP contribution in [0.4, 0.5) is 0 Å². The monoisotopic (exact) mass is 179 g/mol. The molecule has 0 bridgehead atoms. The van der Waals surface area contributed by atoms with Crippen molar-refractivity contribution in [2.75, 3.05) is 7.11 Å². The van der Waals surface area contributed by atoms with Crippen molar-refractivity contribution in [3.8, 4) is 0 Å². The number of benzene rings is 1. The summed E-state index contributed by atoms with van der Waals surface area (Å²) in [7, 11) is 1.66. The standard InChI is InChI=1S/C10H13NO2/c1-13-7-10-5-3-2-4-9(10)6-11-8-12/h2-5,8H,6-7H2,1H3,(H,11,12). The molecule has 0 aliphatic rings. The van der Waals surface area contributed by atoms with E-state index in [-0.39, 0.29) is 0 Å². The van der Waals surface area contributed by atoms with Crippen LogP contribution in [0.3, 0.4) is 0 Å². The van der Waals surface area contributed by atoms with Gasteiger partial charge in [0, 0.05) is 13.7 Å². The summed E-state index contributed by atoms with van der Waals surface area (Å²) >= 11 is 0. The molecule has 1 amide bonds. The van der Waals surface area contributed by atoms with Crippen LogP contribution in [0, 0.1) is 0 Å². The van der Waals surface area contributed by atoms with Gasteiger partial charge >= 0.3 is 0 Å². The van der Waals surface area contributed by atoms with Crippen LogP contribution in [0.15, 0.2) is 24.3 Å². The Morgan fingerprint density at radius 2 is 2.08 bits per heavy atom. The molecule has 0 unspecified atom stereocenters. The second kappa shape index (κ2) is 5.32. The predicted octanol–water partition coefficient (Wildman–Crippen LogP) is 1.08. The van der Waals surface area contributed by atoms with E-state index in [4.69, 9.17) is 4.74 Å². The minimum absolute atomic E-state index is 0.559. The topological polar surface area (TPSA) is 38.3 Å². The third-order valence-corrected chi connectivity index (χ3v) is 1.79. The van der Waals surface area contributed by atoms with Gasteiger partial charge in [-0.05, 0) is 11.1 Å². The van der Waals surface area contributed by atoms with Crippen molar-refractivity contribution in [1.29, 1.82) is 0 Å². The molecular formula is C10H13NO2. The zero-order valence-corrected chi connectivity index (χ0v) is 7.62. The first kappa shape index (κ1) is 9.74. The predicted molar refractivity (Wildman–Crippen MR) is 50.1 cm³/mol. The zero-order chi connectivity index (χ0) is 9.52. The van der Waals surface area contributed by atoms with Crippen molar-refractivity contribution >= 4 is 6.41 Å². The van der Waals surface area contributed by atoms with Gasteiger partial charge in [-0.25, -0.2) is 0 Å². The maximum Gasteiger partial charge on any atom is 0.207 e. The maximum absolute atomic E-state index is 10.1. The highest BCUT2D eigenvalue weighted by atomic mass is 16.5. The number of carbonyl (C=O) groups excluding carboxylic acids is 1. The van der Waals surface area contributed by atoms with Crippen LogP contribution in [-0.4, -0.2) is 13.5 Å². The SMILES string of the molecule is COCc1ccccc1CNC=O. The average molecular weight is 179 g/mol. The first-order valence-corrected chi connectivity index (χ1v) is 4.11. The Hall–Kier alpha value is -1.35. The van der Waals surface area contributed by atoms with Gasteiger partial charge in [-0.3, -0.25) is 4.79 Å². The molecule has 1 aromatic rings. The molecule has 1 aromatic carbocycles. The molecule has 0 fully saturated rings. The van der Waals surface area contributed by atoms with Gasteiger partial charge in [-0.1, -0.05) is 24.3 Å². The molecule has 0 radical (unpaired) electrons. The Morgan fingerprint density at radius 3 is 2.69 bits per heavy atom. The molecule has 0 heterocycles. The van der Waals surface area contributed by atoms with E-state index in [9.17, 15) is 4.79 Å². The van der Waals surface area contributed by atoms with Gasteiger partial charge in [0.05, 0.1) is 6.61 Å².